The van der Waals surface area contributed by atoms with Crippen LogP contribution in [0.4, 0.5) is 0 Å². The van der Waals surface area contributed by atoms with Crippen LogP contribution in [0, 0.1) is 6.92 Å². The Balaban J connectivity index is 2.32. The molecule has 1 aromatic heterocycles. The van der Waals surface area contributed by atoms with E-state index in [0.717, 1.165) is 22.7 Å². The predicted molar refractivity (Wildman–Crippen MR) is 90.5 cm³/mol. The zero-order chi connectivity index (χ0) is 16.3. The topological polar surface area (TPSA) is 63.9 Å². The van der Waals surface area contributed by atoms with Gasteiger partial charge in [0, 0.05) is 23.6 Å². The monoisotopic (exact) mass is 301 g/mol. The molecule has 0 aliphatic heterocycles. The maximum Gasteiger partial charge on any atom is 0.122 e. The van der Waals surface area contributed by atoms with Gasteiger partial charge in [0.1, 0.15) is 5.75 Å². The van der Waals surface area contributed by atoms with E-state index in [1.165, 1.54) is 5.56 Å². The Labute approximate surface area is 133 Å². The number of aromatic nitrogens is 2. The van der Waals surface area contributed by atoms with Gasteiger partial charge in [-0.2, -0.15) is 5.10 Å². The van der Waals surface area contributed by atoms with Crippen LogP contribution in [0.25, 0.3) is 0 Å². The Hall–Kier alpha value is -1.81. The molecule has 0 aliphatic carbocycles. The average molecular weight is 301 g/mol. The van der Waals surface area contributed by atoms with Crippen molar-refractivity contribution in [1.82, 2.24) is 10.2 Å². The lowest BCUT2D eigenvalue weighted by atomic mass is 9.89. The third kappa shape index (κ3) is 3.50. The number of H-pyrrole nitrogens is 1. The fraction of sp³-hybridized carbons (Fsp3) is 0.500. The van der Waals surface area contributed by atoms with E-state index in [1.54, 1.807) is 0 Å². The first-order chi connectivity index (χ1) is 10.4. The number of ether oxygens (including phenoxy) is 1. The Morgan fingerprint density at radius 1 is 1.27 bits per heavy atom. The zero-order valence-corrected chi connectivity index (χ0v) is 14.2. The number of nitrogens with two attached hydrogens (primary N) is 1. The molecule has 120 valence electrons. The van der Waals surface area contributed by atoms with E-state index in [4.69, 9.17) is 10.5 Å². The first-order valence-corrected chi connectivity index (χ1v) is 7.86. The van der Waals surface area contributed by atoms with Crippen molar-refractivity contribution in [3.05, 3.63) is 46.8 Å². The number of rotatable bonds is 5. The molecule has 1 unspecified atom stereocenters. The number of nitrogens with one attached hydrogen (secondary N) is 1. The van der Waals surface area contributed by atoms with Crippen molar-refractivity contribution in [2.75, 3.05) is 13.2 Å². The summed E-state index contributed by atoms with van der Waals surface area (Å²) in [4.78, 5) is 0. The first kappa shape index (κ1) is 16.6. The summed E-state index contributed by atoms with van der Waals surface area (Å²) in [6.07, 6.45) is 0. The molecule has 0 radical (unpaired) electrons. The average Bonchev–Trinajstić information content (AvgIpc) is 2.92. The lowest BCUT2D eigenvalue weighted by Crippen LogP contribution is -2.15. The van der Waals surface area contributed by atoms with Gasteiger partial charge in [-0.1, -0.05) is 32.9 Å². The number of hydrogen-bond donors (Lipinski definition) is 2. The fourth-order valence-electron chi connectivity index (χ4n) is 2.55. The molecule has 1 atom stereocenters. The molecule has 0 bridgehead atoms. The molecule has 0 saturated carbocycles. The normalized spacial score (nSPS) is 13.2. The van der Waals surface area contributed by atoms with E-state index >= 15 is 0 Å². The van der Waals surface area contributed by atoms with E-state index in [9.17, 15) is 0 Å². The maximum atomic E-state index is 6.02. The minimum atomic E-state index is 0.0304. The maximum absolute atomic E-state index is 6.02. The van der Waals surface area contributed by atoms with Crippen LogP contribution in [-0.2, 0) is 5.41 Å². The summed E-state index contributed by atoms with van der Waals surface area (Å²) in [6.45, 7) is 11.8. The van der Waals surface area contributed by atoms with Crippen LogP contribution in [0.2, 0.25) is 0 Å². The molecule has 2 aromatic rings. The molecule has 4 heteroatoms. The van der Waals surface area contributed by atoms with Gasteiger partial charge in [-0.15, -0.1) is 0 Å². The second-order valence-electron chi connectivity index (χ2n) is 6.70. The summed E-state index contributed by atoms with van der Waals surface area (Å²) in [6, 6.07) is 8.40. The number of aromatic amines is 1. The second kappa shape index (κ2) is 6.53. The molecule has 1 heterocycles. The molecular weight excluding hydrogens is 274 g/mol. The number of nitrogens with zero attached hydrogens (tertiary/aromatic N) is 1. The van der Waals surface area contributed by atoms with E-state index < -0.39 is 0 Å². The molecule has 0 saturated heterocycles. The van der Waals surface area contributed by atoms with Crippen molar-refractivity contribution in [3.8, 4) is 5.75 Å². The molecule has 4 nitrogen and oxygen atoms in total. The lowest BCUT2D eigenvalue weighted by Gasteiger charge is -2.16. The Kier molecular flexibility index (Phi) is 4.91. The highest BCUT2D eigenvalue weighted by molar-refractivity contribution is 5.40. The van der Waals surface area contributed by atoms with Crippen LogP contribution < -0.4 is 10.5 Å². The SMILES string of the molecule is CCOc1ccc(C(CN)c2cc(C(C)(C)C)n[nH]2)cc1C. The minimum Gasteiger partial charge on any atom is -0.494 e. The minimum absolute atomic E-state index is 0.0304. The van der Waals surface area contributed by atoms with Crippen LogP contribution in [0.3, 0.4) is 0 Å². The summed E-state index contributed by atoms with van der Waals surface area (Å²) >= 11 is 0. The van der Waals surface area contributed by atoms with Crippen molar-refractivity contribution >= 4 is 0 Å². The zero-order valence-electron chi connectivity index (χ0n) is 14.2. The number of benzene rings is 1. The van der Waals surface area contributed by atoms with Gasteiger partial charge >= 0.3 is 0 Å². The van der Waals surface area contributed by atoms with E-state index in [-0.39, 0.29) is 11.3 Å². The third-order valence-corrected chi connectivity index (χ3v) is 3.88. The third-order valence-electron chi connectivity index (χ3n) is 3.88. The Morgan fingerprint density at radius 2 is 2.00 bits per heavy atom. The van der Waals surface area contributed by atoms with Crippen molar-refractivity contribution in [1.29, 1.82) is 0 Å². The largest absolute Gasteiger partial charge is 0.494 e. The van der Waals surface area contributed by atoms with Crippen LogP contribution in [0.5, 0.6) is 5.75 Å². The quantitative estimate of drug-likeness (QED) is 0.888. The molecule has 0 fully saturated rings. The van der Waals surface area contributed by atoms with Crippen molar-refractivity contribution in [2.45, 2.75) is 46.0 Å². The highest BCUT2D eigenvalue weighted by Crippen LogP contribution is 2.29. The molecule has 22 heavy (non-hydrogen) atoms. The van der Waals surface area contributed by atoms with E-state index in [0.29, 0.717) is 13.2 Å². The van der Waals surface area contributed by atoms with E-state index in [1.807, 2.05) is 13.0 Å². The summed E-state index contributed by atoms with van der Waals surface area (Å²) in [5.41, 5.74) is 10.5. The van der Waals surface area contributed by atoms with Crippen molar-refractivity contribution in [3.63, 3.8) is 0 Å². The summed E-state index contributed by atoms with van der Waals surface area (Å²) in [7, 11) is 0. The lowest BCUT2D eigenvalue weighted by molar-refractivity contribution is 0.337. The van der Waals surface area contributed by atoms with Gasteiger partial charge < -0.3 is 10.5 Å². The molecule has 1 aromatic carbocycles. The smallest absolute Gasteiger partial charge is 0.122 e. The summed E-state index contributed by atoms with van der Waals surface area (Å²) in [5.74, 6) is 1.06. The fourth-order valence-corrected chi connectivity index (χ4v) is 2.55. The van der Waals surface area contributed by atoms with Gasteiger partial charge in [0.25, 0.3) is 0 Å². The van der Waals surface area contributed by atoms with Gasteiger partial charge in [0.05, 0.1) is 12.3 Å². The summed E-state index contributed by atoms with van der Waals surface area (Å²) in [5, 5.41) is 7.61. The van der Waals surface area contributed by atoms with Crippen LogP contribution in [0.15, 0.2) is 24.3 Å². The molecule has 3 N–H and O–H groups in total. The van der Waals surface area contributed by atoms with E-state index in [2.05, 4.69) is 56.1 Å². The number of aryl methyl sites for hydroxylation is 1. The van der Waals surface area contributed by atoms with Crippen molar-refractivity contribution < 1.29 is 4.74 Å². The standard InChI is InChI=1S/C18H27N3O/c1-6-22-16-8-7-13(9-12(16)2)14(11-19)15-10-17(21-20-15)18(3,4)5/h7-10,14H,6,11,19H2,1-5H3,(H,20,21). The second-order valence-corrected chi connectivity index (χ2v) is 6.70. The van der Waals surface area contributed by atoms with Crippen molar-refractivity contribution in [2.24, 2.45) is 5.73 Å². The van der Waals surface area contributed by atoms with Gasteiger partial charge in [0.15, 0.2) is 0 Å². The Morgan fingerprint density at radius 3 is 2.50 bits per heavy atom. The van der Waals surface area contributed by atoms with Gasteiger partial charge in [-0.3, -0.25) is 5.10 Å². The summed E-state index contributed by atoms with van der Waals surface area (Å²) < 4.78 is 5.61. The first-order valence-electron chi connectivity index (χ1n) is 7.86. The van der Waals surface area contributed by atoms with Gasteiger partial charge in [-0.05, 0) is 37.1 Å². The van der Waals surface area contributed by atoms with Gasteiger partial charge in [-0.25, -0.2) is 0 Å². The van der Waals surface area contributed by atoms with Gasteiger partial charge in [0.2, 0.25) is 0 Å². The molecule has 0 amide bonds. The molecule has 2 rings (SSSR count). The van der Waals surface area contributed by atoms with Crippen LogP contribution in [0.1, 0.15) is 56.1 Å². The van der Waals surface area contributed by atoms with Crippen LogP contribution >= 0.6 is 0 Å². The predicted octanol–water partition coefficient (Wildman–Crippen LogP) is 3.50. The Bertz CT molecular complexity index is 626. The molecule has 0 spiro atoms. The molecule has 0 aliphatic rings. The highest BCUT2D eigenvalue weighted by Gasteiger charge is 2.21. The number of hydrogen-bond acceptors (Lipinski definition) is 3. The molecular formula is C18H27N3O. The highest BCUT2D eigenvalue weighted by atomic mass is 16.5. The van der Waals surface area contributed by atoms with Crippen LogP contribution in [-0.4, -0.2) is 23.3 Å².